The van der Waals surface area contributed by atoms with Gasteiger partial charge in [0.15, 0.2) is 0 Å². The van der Waals surface area contributed by atoms with Gasteiger partial charge in [-0.3, -0.25) is 19.2 Å². The van der Waals surface area contributed by atoms with Gasteiger partial charge < -0.3 is 15.4 Å². The second-order valence-electron chi connectivity index (χ2n) is 10.9. The molecule has 1 fully saturated rings. The van der Waals surface area contributed by atoms with Crippen molar-refractivity contribution in [3.05, 3.63) is 58.5 Å². The number of rotatable bonds is 9. The average molecular weight is 514 g/mol. The number of aromatic nitrogens is 2. The number of aliphatic hydroxyl groups excluding tert-OH is 1. The van der Waals surface area contributed by atoms with Crippen LogP contribution in [0, 0.1) is 0 Å². The van der Waals surface area contributed by atoms with E-state index in [9.17, 15) is 18.3 Å². The van der Waals surface area contributed by atoms with E-state index in [1.165, 1.54) is 22.1 Å². The van der Waals surface area contributed by atoms with E-state index in [2.05, 4.69) is 27.3 Å². The molecule has 6 nitrogen and oxygen atoms in total. The lowest BCUT2D eigenvalue weighted by atomic mass is 9.85. The number of likely N-dealkylation sites (tertiary alicyclic amines) is 1. The fourth-order valence-corrected chi connectivity index (χ4v) is 6.15. The molecule has 0 bridgehead atoms. The van der Waals surface area contributed by atoms with Gasteiger partial charge in [-0.05, 0) is 73.6 Å². The predicted molar refractivity (Wildman–Crippen MR) is 138 cm³/mol. The summed E-state index contributed by atoms with van der Waals surface area (Å²) in [6.07, 6.45) is 5.16. The van der Waals surface area contributed by atoms with Crippen molar-refractivity contribution < 1.29 is 18.3 Å². The molecule has 0 radical (unpaired) electrons. The Labute approximate surface area is 214 Å². The average Bonchev–Trinajstić information content (AvgIpc) is 3.19. The van der Waals surface area contributed by atoms with Crippen molar-refractivity contribution in [2.75, 3.05) is 44.8 Å². The molecule has 2 aliphatic heterocycles. The number of benzene rings is 1. The van der Waals surface area contributed by atoms with Crippen LogP contribution in [0.25, 0.3) is 10.9 Å². The summed E-state index contributed by atoms with van der Waals surface area (Å²) in [6, 6.07) is 8.02. The Morgan fingerprint density at radius 3 is 2.65 bits per heavy atom. The number of aromatic amines is 1. The summed E-state index contributed by atoms with van der Waals surface area (Å²) in [5, 5.41) is 14.0. The van der Waals surface area contributed by atoms with Crippen molar-refractivity contribution in [1.82, 2.24) is 19.8 Å². The predicted octanol–water partition coefficient (Wildman–Crippen LogP) is 4.08. The maximum absolute atomic E-state index is 14.5. The maximum Gasteiger partial charge on any atom is 0.283 e. The number of aryl methyl sites for hydroxylation is 2. The number of hydrogen-bond donors (Lipinski definition) is 3. The summed E-state index contributed by atoms with van der Waals surface area (Å²) >= 11 is 0. The standard InChI is InChI=1S/C28H34F3N5O/c1-17-9-23-22-10-18-3-4-19(18)11-25(22)34-26(23)27(36(17)15-28(30,31)16-37)24-6-5-20(12-32-24)33-21-13-35(14-21)8-2-7-29/h5-6,10-12,17,21,27,33-34,37H,2-4,7-9,13-16H2,1H3. The van der Waals surface area contributed by atoms with Crippen molar-refractivity contribution in [3.8, 4) is 0 Å². The van der Waals surface area contributed by atoms with E-state index >= 15 is 0 Å². The minimum absolute atomic E-state index is 0.148. The third kappa shape index (κ3) is 4.62. The van der Waals surface area contributed by atoms with Crippen LogP contribution in [0.2, 0.25) is 0 Å². The van der Waals surface area contributed by atoms with Crippen LogP contribution >= 0.6 is 0 Å². The number of hydrogen-bond acceptors (Lipinski definition) is 5. The van der Waals surface area contributed by atoms with Crippen LogP contribution in [-0.2, 0) is 19.3 Å². The molecule has 0 amide bonds. The Kier molecular flexibility index (Phi) is 6.41. The second kappa shape index (κ2) is 9.60. The topological polar surface area (TPSA) is 67.4 Å². The zero-order valence-corrected chi connectivity index (χ0v) is 21.1. The molecule has 4 heterocycles. The van der Waals surface area contributed by atoms with Gasteiger partial charge in [0.05, 0.1) is 42.9 Å². The molecule has 1 aliphatic carbocycles. The summed E-state index contributed by atoms with van der Waals surface area (Å²) in [5.41, 5.74) is 7.46. The molecule has 6 rings (SSSR count). The van der Waals surface area contributed by atoms with Crippen LogP contribution in [0.1, 0.15) is 47.5 Å². The minimum Gasteiger partial charge on any atom is -0.390 e. The smallest absolute Gasteiger partial charge is 0.283 e. The number of fused-ring (bicyclic) bond motifs is 4. The quantitative estimate of drug-likeness (QED) is 0.403. The van der Waals surface area contributed by atoms with Crippen LogP contribution < -0.4 is 5.32 Å². The molecule has 37 heavy (non-hydrogen) atoms. The van der Waals surface area contributed by atoms with Gasteiger partial charge in [0.25, 0.3) is 5.92 Å². The van der Waals surface area contributed by atoms with E-state index < -0.39 is 25.1 Å². The first-order chi connectivity index (χ1) is 17.8. The summed E-state index contributed by atoms with van der Waals surface area (Å²) in [6.45, 7) is 2.47. The lowest BCUT2D eigenvalue weighted by molar-refractivity contribution is -0.0867. The van der Waals surface area contributed by atoms with E-state index in [1.54, 1.807) is 11.1 Å². The van der Waals surface area contributed by atoms with Gasteiger partial charge in [-0.2, -0.15) is 0 Å². The first-order valence-electron chi connectivity index (χ1n) is 13.3. The van der Waals surface area contributed by atoms with Crippen LogP contribution in [-0.4, -0.2) is 82.3 Å². The first kappa shape index (κ1) is 24.7. The molecule has 0 saturated carbocycles. The molecule has 3 N–H and O–H groups in total. The zero-order chi connectivity index (χ0) is 25.7. The van der Waals surface area contributed by atoms with Crippen molar-refractivity contribution >= 4 is 16.6 Å². The Hall–Kier alpha value is -2.62. The normalized spacial score (nSPS) is 22.4. The molecule has 1 saturated heterocycles. The monoisotopic (exact) mass is 513 g/mol. The second-order valence-corrected chi connectivity index (χ2v) is 10.9. The summed E-state index contributed by atoms with van der Waals surface area (Å²) in [4.78, 5) is 12.3. The largest absolute Gasteiger partial charge is 0.390 e. The maximum atomic E-state index is 14.5. The number of halogens is 3. The van der Waals surface area contributed by atoms with Gasteiger partial charge in [0.2, 0.25) is 0 Å². The molecule has 2 atom stereocenters. The van der Waals surface area contributed by atoms with E-state index in [1.807, 2.05) is 19.1 Å². The number of nitrogens with zero attached hydrogens (tertiary/aromatic N) is 3. The number of aliphatic hydroxyl groups is 1. The third-order valence-corrected chi connectivity index (χ3v) is 8.24. The van der Waals surface area contributed by atoms with Crippen molar-refractivity contribution in [2.24, 2.45) is 0 Å². The van der Waals surface area contributed by atoms with E-state index in [-0.39, 0.29) is 12.7 Å². The molecular formula is C28H34F3N5O. The van der Waals surface area contributed by atoms with Crippen molar-refractivity contribution in [2.45, 2.75) is 56.7 Å². The highest BCUT2D eigenvalue weighted by Crippen LogP contribution is 2.43. The molecule has 198 valence electrons. The van der Waals surface area contributed by atoms with Gasteiger partial charge in [-0.15, -0.1) is 0 Å². The van der Waals surface area contributed by atoms with E-state index in [4.69, 9.17) is 4.98 Å². The fourth-order valence-electron chi connectivity index (χ4n) is 6.15. The summed E-state index contributed by atoms with van der Waals surface area (Å²) in [7, 11) is 0. The molecule has 3 aromatic rings. The van der Waals surface area contributed by atoms with E-state index in [0.29, 0.717) is 24.6 Å². The van der Waals surface area contributed by atoms with Crippen molar-refractivity contribution in [1.29, 1.82) is 0 Å². The van der Waals surface area contributed by atoms with Gasteiger partial charge in [-0.1, -0.05) is 0 Å². The van der Waals surface area contributed by atoms with Crippen molar-refractivity contribution in [3.63, 3.8) is 0 Å². The molecular weight excluding hydrogens is 479 g/mol. The Balaban J connectivity index is 1.30. The SMILES string of the molecule is CC1Cc2c([nH]c3cc4c(cc23)CC4)C(c2ccc(NC3CN(CCCF)C3)cn2)N1CC(F)(F)CO. The number of nitrogens with one attached hydrogen (secondary N) is 2. The molecule has 2 unspecified atom stereocenters. The van der Waals surface area contributed by atoms with E-state index in [0.717, 1.165) is 49.4 Å². The highest BCUT2D eigenvalue weighted by atomic mass is 19.3. The fraction of sp³-hybridized carbons (Fsp3) is 0.536. The van der Waals surface area contributed by atoms with Crippen LogP contribution in [0.15, 0.2) is 30.5 Å². The number of anilines is 1. The number of pyridine rings is 1. The minimum atomic E-state index is -3.21. The van der Waals surface area contributed by atoms with Crippen LogP contribution in [0.3, 0.4) is 0 Å². The van der Waals surface area contributed by atoms with Crippen LogP contribution in [0.5, 0.6) is 0 Å². The van der Waals surface area contributed by atoms with Gasteiger partial charge in [0.1, 0.15) is 6.61 Å². The Morgan fingerprint density at radius 1 is 1.19 bits per heavy atom. The third-order valence-electron chi connectivity index (χ3n) is 8.24. The molecule has 2 aromatic heterocycles. The highest BCUT2D eigenvalue weighted by Gasteiger charge is 2.42. The summed E-state index contributed by atoms with van der Waals surface area (Å²) in [5.74, 6) is -3.21. The van der Waals surface area contributed by atoms with Gasteiger partial charge >= 0.3 is 0 Å². The molecule has 1 aromatic carbocycles. The van der Waals surface area contributed by atoms with Crippen LogP contribution in [0.4, 0.5) is 18.9 Å². The highest BCUT2D eigenvalue weighted by molar-refractivity contribution is 5.87. The Bertz CT molecular complexity index is 1270. The molecule has 3 aliphatic rings. The van der Waals surface area contributed by atoms with Gasteiger partial charge in [0, 0.05) is 42.3 Å². The Morgan fingerprint density at radius 2 is 1.97 bits per heavy atom. The lowest BCUT2D eigenvalue weighted by Gasteiger charge is -2.42. The molecule has 0 spiro atoms. The lowest BCUT2D eigenvalue weighted by Crippen LogP contribution is -2.54. The zero-order valence-electron chi connectivity index (χ0n) is 21.1. The first-order valence-corrected chi connectivity index (χ1v) is 13.3. The molecule has 9 heteroatoms. The van der Waals surface area contributed by atoms with Gasteiger partial charge in [-0.25, -0.2) is 8.78 Å². The number of H-pyrrole nitrogens is 1. The summed E-state index contributed by atoms with van der Waals surface area (Å²) < 4.78 is 41.4. The number of alkyl halides is 3.